The van der Waals surface area contributed by atoms with Gasteiger partial charge in [0.25, 0.3) is 0 Å². The van der Waals surface area contributed by atoms with Crippen molar-refractivity contribution in [2.24, 2.45) is 0 Å². The molecule has 1 atom stereocenters. The van der Waals surface area contributed by atoms with Gasteiger partial charge in [0.1, 0.15) is 24.0 Å². The lowest BCUT2D eigenvalue weighted by atomic mass is 10.00. The minimum atomic E-state index is -0.286. The van der Waals surface area contributed by atoms with Gasteiger partial charge in [0.2, 0.25) is 5.95 Å². The molecular weight excluding hydrogens is 374 g/mol. The van der Waals surface area contributed by atoms with Crippen molar-refractivity contribution in [3.63, 3.8) is 0 Å². The highest BCUT2D eigenvalue weighted by atomic mass is 19.1. The van der Waals surface area contributed by atoms with Crippen LogP contribution in [0.4, 0.5) is 14.7 Å². The van der Waals surface area contributed by atoms with E-state index in [0.29, 0.717) is 18.9 Å². The molecule has 1 fully saturated rings. The van der Waals surface area contributed by atoms with Crippen LogP contribution in [0.3, 0.4) is 0 Å². The molecule has 0 radical (unpaired) electrons. The lowest BCUT2D eigenvalue weighted by Gasteiger charge is -2.25. The molecule has 1 aliphatic rings. The number of aromatic nitrogens is 2. The Morgan fingerprint density at radius 2 is 1.72 bits per heavy atom. The van der Waals surface area contributed by atoms with Gasteiger partial charge in [0.15, 0.2) is 0 Å². The topological polar surface area (TPSA) is 64.3 Å². The first-order valence-corrected chi connectivity index (χ1v) is 9.61. The third kappa shape index (κ3) is 4.51. The Labute approximate surface area is 168 Å². The van der Waals surface area contributed by atoms with Crippen molar-refractivity contribution in [1.29, 1.82) is 0 Å². The number of nitrogens with two attached hydrogens (primary N) is 1. The van der Waals surface area contributed by atoms with Crippen LogP contribution in [0.2, 0.25) is 0 Å². The van der Waals surface area contributed by atoms with Crippen LogP contribution in [0.5, 0.6) is 5.75 Å². The van der Waals surface area contributed by atoms with E-state index in [1.54, 1.807) is 30.5 Å². The van der Waals surface area contributed by atoms with Crippen molar-refractivity contribution in [3.05, 3.63) is 72.1 Å². The predicted octanol–water partition coefficient (Wildman–Crippen LogP) is 4.22. The van der Waals surface area contributed by atoms with Gasteiger partial charge < -0.3 is 10.5 Å². The molecule has 2 heterocycles. The van der Waals surface area contributed by atoms with Crippen molar-refractivity contribution in [2.75, 3.05) is 25.4 Å². The number of rotatable bonds is 6. The largest absolute Gasteiger partial charge is 0.492 e. The number of anilines is 1. The van der Waals surface area contributed by atoms with E-state index in [4.69, 9.17) is 10.5 Å². The van der Waals surface area contributed by atoms with Crippen LogP contribution in [0.25, 0.3) is 11.1 Å². The molecule has 0 bridgehead atoms. The van der Waals surface area contributed by atoms with E-state index in [9.17, 15) is 8.78 Å². The zero-order chi connectivity index (χ0) is 20.2. The average molecular weight is 396 g/mol. The maximum Gasteiger partial charge on any atom is 0.220 e. The van der Waals surface area contributed by atoms with E-state index in [1.165, 1.54) is 24.3 Å². The first kappa shape index (κ1) is 19.3. The molecule has 0 spiro atoms. The lowest BCUT2D eigenvalue weighted by Crippen LogP contribution is -2.29. The molecule has 7 heteroatoms. The summed E-state index contributed by atoms with van der Waals surface area (Å²) in [6.07, 6.45) is 3.69. The molecule has 0 aliphatic carbocycles. The maximum absolute atomic E-state index is 13.3. The molecule has 1 aliphatic heterocycles. The standard InChI is InChI=1S/C22H22F2N4O/c23-16-5-3-15(4-6-16)19-14-26-22(25)27-21(19)20-2-1-11-28(20)12-13-29-18-9-7-17(24)8-10-18/h3-10,14,20H,1-2,11-13H2,(H2,25,26,27)/t20-/m0/s1. The molecule has 1 saturated heterocycles. The lowest BCUT2D eigenvalue weighted by molar-refractivity contribution is 0.195. The van der Waals surface area contributed by atoms with Crippen LogP contribution in [-0.4, -0.2) is 34.6 Å². The highest BCUT2D eigenvalue weighted by Gasteiger charge is 2.29. The molecule has 2 aromatic carbocycles. The monoisotopic (exact) mass is 396 g/mol. The van der Waals surface area contributed by atoms with Gasteiger partial charge in [-0.3, -0.25) is 4.90 Å². The first-order valence-electron chi connectivity index (χ1n) is 9.61. The number of ether oxygens (including phenoxy) is 1. The van der Waals surface area contributed by atoms with Crippen LogP contribution in [0, 0.1) is 11.6 Å². The minimum Gasteiger partial charge on any atom is -0.492 e. The zero-order valence-corrected chi connectivity index (χ0v) is 15.9. The number of nitrogens with zero attached hydrogens (tertiary/aromatic N) is 3. The fourth-order valence-electron chi connectivity index (χ4n) is 3.73. The summed E-state index contributed by atoms with van der Waals surface area (Å²) >= 11 is 0. The molecule has 2 N–H and O–H groups in total. The van der Waals surface area contributed by atoms with Crippen LogP contribution >= 0.6 is 0 Å². The van der Waals surface area contributed by atoms with Gasteiger partial charge in [-0.1, -0.05) is 12.1 Å². The molecule has 3 aromatic rings. The summed E-state index contributed by atoms with van der Waals surface area (Å²) in [4.78, 5) is 11.0. The fraction of sp³-hybridized carbons (Fsp3) is 0.273. The zero-order valence-electron chi connectivity index (χ0n) is 15.9. The maximum atomic E-state index is 13.3. The van der Waals surface area contributed by atoms with Crippen molar-refractivity contribution < 1.29 is 13.5 Å². The second-order valence-electron chi connectivity index (χ2n) is 7.03. The minimum absolute atomic E-state index is 0.0807. The molecule has 0 amide bonds. The highest BCUT2D eigenvalue weighted by Crippen LogP contribution is 2.36. The summed E-state index contributed by atoms with van der Waals surface area (Å²) in [5, 5.41) is 0. The van der Waals surface area contributed by atoms with Gasteiger partial charge in [-0.2, -0.15) is 0 Å². The Hall–Kier alpha value is -3.06. The summed E-state index contributed by atoms with van der Waals surface area (Å²) in [7, 11) is 0. The summed E-state index contributed by atoms with van der Waals surface area (Å²) in [5.41, 5.74) is 8.44. The number of hydrogen-bond acceptors (Lipinski definition) is 5. The summed E-state index contributed by atoms with van der Waals surface area (Å²) in [6, 6.07) is 12.4. The average Bonchev–Trinajstić information content (AvgIpc) is 3.19. The van der Waals surface area contributed by atoms with Crippen molar-refractivity contribution in [1.82, 2.24) is 14.9 Å². The second kappa shape index (κ2) is 8.53. The fourth-order valence-corrected chi connectivity index (χ4v) is 3.73. The number of likely N-dealkylation sites (tertiary alicyclic amines) is 1. The van der Waals surface area contributed by atoms with Crippen LogP contribution < -0.4 is 10.5 Å². The van der Waals surface area contributed by atoms with E-state index < -0.39 is 0 Å². The van der Waals surface area contributed by atoms with Gasteiger partial charge in [-0.25, -0.2) is 18.7 Å². The SMILES string of the molecule is Nc1ncc(-c2ccc(F)cc2)c([C@@H]2CCCN2CCOc2ccc(F)cc2)n1. The molecular formula is C22H22F2N4O. The van der Waals surface area contributed by atoms with E-state index in [0.717, 1.165) is 36.2 Å². The predicted molar refractivity (Wildman–Crippen MR) is 107 cm³/mol. The first-order chi connectivity index (χ1) is 14.1. The Bertz CT molecular complexity index is 964. The number of hydrogen-bond donors (Lipinski definition) is 1. The molecule has 1 aromatic heterocycles. The Morgan fingerprint density at radius 3 is 2.45 bits per heavy atom. The Kier molecular flexibility index (Phi) is 5.67. The van der Waals surface area contributed by atoms with Gasteiger partial charge >= 0.3 is 0 Å². The smallest absolute Gasteiger partial charge is 0.220 e. The number of nitrogen functional groups attached to an aromatic ring is 1. The Morgan fingerprint density at radius 1 is 1.03 bits per heavy atom. The van der Waals surface area contributed by atoms with Crippen molar-refractivity contribution in [3.8, 4) is 16.9 Å². The van der Waals surface area contributed by atoms with Crippen molar-refractivity contribution in [2.45, 2.75) is 18.9 Å². The summed E-state index contributed by atoms with van der Waals surface area (Å²) in [5.74, 6) is 0.291. The van der Waals surface area contributed by atoms with Crippen LogP contribution in [0.1, 0.15) is 24.6 Å². The van der Waals surface area contributed by atoms with Crippen LogP contribution in [-0.2, 0) is 0 Å². The normalized spacial score (nSPS) is 16.8. The summed E-state index contributed by atoms with van der Waals surface area (Å²) in [6.45, 7) is 2.10. The van der Waals surface area contributed by atoms with Gasteiger partial charge in [-0.05, 0) is 61.3 Å². The highest BCUT2D eigenvalue weighted by molar-refractivity contribution is 5.66. The molecule has 0 saturated carbocycles. The van der Waals surface area contributed by atoms with Gasteiger partial charge in [0.05, 0.1) is 11.7 Å². The Balaban J connectivity index is 1.51. The second-order valence-corrected chi connectivity index (χ2v) is 7.03. The third-order valence-corrected chi connectivity index (χ3v) is 5.13. The third-order valence-electron chi connectivity index (χ3n) is 5.13. The quantitative estimate of drug-likeness (QED) is 0.676. The number of halogens is 2. The molecule has 5 nitrogen and oxygen atoms in total. The molecule has 150 valence electrons. The van der Waals surface area contributed by atoms with E-state index in [1.807, 2.05) is 0 Å². The van der Waals surface area contributed by atoms with Gasteiger partial charge in [-0.15, -0.1) is 0 Å². The summed E-state index contributed by atoms with van der Waals surface area (Å²) < 4.78 is 32.1. The number of benzene rings is 2. The van der Waals surface area contributed by atoms with Crippen molar-refractivity contribution >= 4 is 5.95 Å². The molecule has 4 rings (SSSR count). The van der Waals surface area contributed by atoms with E-state index in [-0.39, 0.29) is 23.6 Å². The van der Waals surface area contributed by atoms with Crippen LogP contribution in [0.15, 0.2) is 54.7 Å². The van der Waals surface area contributed by atoms with E-state index in [2.05, 4.69) is 14.9 Å². The molecule has 0 unspecified atom stereocenters. The molecule has 29 heavy (non-hydrogen) atoms. The van der Waals surface area contributed by atoms with Gasteiger partial charge in [0, 0.05) is 18.3 Å². The van der Waals surface area contributed by atoms with E-state index >= 15 is 0 Å².